The second-order valence-corrected chi connectivity index (χ2v) is 5.12. The lowest BCUT2D eigenvalue weighted by Gasteiger charge is -2.05. The Labute approximate surface area is 138 Å². The van der Waals surface area contributed by atoms with E-state index in [-0.39, 0.29) is 31.0 Å². The fourth-order valence-corrected chi connectivity index (χ4v) is 2.09. The summed E-state index contributed by atoms with van der Waals surface area (Å²) < 4.78 is 19.9. The molecular formula is C16H18FN3O4. The number of hydrogen-bond acceptors (Lipinski definition) is 4. The zero-order valence-corrected chi connectivity index (χ0v) is 13.2. The maximum atomic E-state index is 13.6. The molecule has 0 spiro atoms. The van der Waals surface area contributed by atoms with Gasteiger partial charge in [-0.15, -0.1) is 0 Å². The van der Waals surface area contributed by atoms with E-state index in [9.17, 15) is 14.0 Å². The van der Waals surface area contributed by atoms with E-state index in [4.69, 9.17) is 9.84 Å². The monoisotopic (exact) mass is 335 g/mol. The van der Waals surface area contributed by atoms with Gasteiger partial charge in [0.05, 0.1) is 20.1 Å². The van der Waals surface area contributed by atoms with Crippen molar-refractivity contribution < 1.29 is 23.8 Å². The van der Waals surface area contributed by atoms with Crippen LogP contribution in [0.15, 0.2) is 30.5 Å². The number of nitrogens with zero attached hydrogens (tertiary/aromatic N) is 2. The van der Waals surface area contributed by atoms with Crippen LogP contribution in [0, 0.1) is 5.82 Å². The van der Waals surface area contributed by atoms with E-state index < -0.39 is 11.8 Å². The average molecular weight is 335 g/mol. The number of ether oxygens (including phenoxy) is 1. The predicted molar refractivity (Wildman–Crippen MR) is 84.4 cm³/mol. The number of hydrogen-bond donors (Lipinski definition) is 2. The number of carbonyl (C=O) groups is 2. The molecule has 0 aliphatic heterocycles. The Balaban J connectivity index is 1.83. The molecular weight excluding hydrogens is 317 g/mol. The number of rotatable bonds is 8. The first-order chi connectivity index (χ1) is 11.5. The highest BCUT2D eigenvalue weighted by Gasteiger charge is 2.08. The molecule has 1 aromatic carbocycles. The summed E-state index contributed by atoms with van der Waals surface area (Å²) in [6, 6.07) is 6.15. The zero-order chi connectivity index (χ0) is 17.5. The molecule has 24 heavy (non-hydrogen) atoms. The van der Waals surface area contributed by atoms with Crippen molar-refractivity contribution in [2.45, 2.75) is 25.8 Å². The van der Waals surface area contributed by atoms with E-state index in [1.807, 2.05) is 0 Å². The fourth-order valence-electron chi connectivity index (χ4n) is 2.09. The van der Waals surface area contributed by atoms with Crippen LogP contribution in [0.25, 0.3) is 0 Å². The number of halogens is 1. The van der Waals surface area contributed by atoms with Crippen molar-refractivity contribution in [3.8, 4) is 5.75 Å². The summed E-state index contributed by atoms with van der Waals surface area (Å²) in [6.45, 7) is 0.232. The van der Waals surface area contributed by atoms with Gasteiger partial charge in [-0.2, -0.15) is 5.10 Å². The average Bonchev–Trinajstić information content (AvgIpc) is 2.98. The number of benzene rings is 1. The molecule has 1 heterocycles. The first-order valence-electron chi connectivity index (χ1n) is 7.35. The van der Waals surface area contributed by atoms with Gasteiger partial charge in [0.25, 0.3) is 0 Å². The number of aromatic nitrogens is 2. The van der Waals surface area contributed by atoms with Crippen molar-refractivity contribution in [1.29, 1.82) is 0 Å². The van der Waals surface area contributed by atoms with Gasteiger partial charge >= 0.3 is 5.97 Å². The maximum Gasteiger partial charge on any atom is 0.305 e. The molecule has 2 rings (SSSR count). The minimum absolute atomic E-state index is 0.0436. The highest BCUT2D eigenvalue weighted by molar-refractivity contribution is 5.89. The van der Waals surface area contributed by atoms with Crippen LogP contribution in [0.5, 0.6) is 5.75 Å². The molecule has 0 aliphatic carbocycles. The minimum Gasteiger partial charge on any atom is -0.494 e. The smallest absolute Gasteiger partial charge is 0.305 e. The van der Waals surface area contributed by atoms with Gasteiger partial charge in [0.1, 0.15) is 0 Å². The highest BCUT2D eigenvalue weighted by Crippen LogP contribution is 2.18. The van der Waals surface area contributed by atoms with Gasteiger partial charge in [0.2, 0.25) is 5.91 Å². The first-order valence-corrected chi connectivity index (χ1v) is 7.35. The SMILES string of the molecule is COc1ccc(CCC(=O)Nc2ccn(CCC(=O)O)n2)cc1F. The molecule has 0 saturated heterocycles. The molecule has 0 atom stereocenters. The number of aryl methyl sites for hydroxylation is 2. The highest BCUT2D eigenvalue weighted by atomic mass is 19.1. The van der Waals surface area contributed by atoms with Gasteiger partial charge in [0, 0.05) is 18.7 Å². The number of nitrogens with one attached hydrogen (secondary N) is 1. The Hall–Kier alpha value is -2.90. The molecule has 0 radical (unpaired) electrons. The van der Waals surface area contributed by atoms with Crippen LogP contribution in [-0.2, 0) is 22.6 Å². The Bertz CT molecular complexity index is 730. The number of anilines is 1. The van der Waals surface area contributed by atoms with Crippen molar-refractivity contribution in [3.63, 3.8) is 0 Å². The Morgan fingerprint density at radius 2 is 2.12 bits per heavy atom. The van der Waals surface area contributed by atoms with Crippen LogP contribution < -0.4 is 10.1 Å². The summed E-state index contributed by atoms with van der Waals surface area (Å²) in [7, 11) is 1.39. The second-order valence-electron chi connectivity index (χ2n) is 5.12. The van der Waals surface area contributed by atoms with Crippen LogP contribution in [0.1, 0.15) is 18.4 Å². The molecule has 0 unspecified atom stereocenters. The van der Waals surface area contributed by atoms with Crippen LogP contribution >= 0.6 is 0 Å². The zero-order valence-electron chi connectivity index (χ0n) is 13.2. The summed E-state index contributed by atoms with van der Waals surface area (Å²) in [4.78, 5) is 22.4. The molecule has 8 heteroatoms. The van der Waals surface area contributed by atoms with Crippen molar-refractivity contribution in [2.24, 2.45) is 0 Å². The third kappa shape index (κ3) is 5.08. The molecule has 7 nitrogen and oxygen atoms in total. The van der Waals surface area contributed by atoms with E-state index in [0.29, 0.717) is 17.8 Å². The lowest BCUT2D eigenvalue weighted by atomic mass is 10.1. The van der Waals surface area contributed by atoms with E-state index >= 15 is 0 Å². The molecule has 1 amide bonds. The van der Waals surface area contributed by atoms with Crippen molar-refractivity contribution in [1.82, 2.24) is 9.78 Å². The van der Waals surface area contributed by atoms with Crippen LogP contribution in [0.4, 0.5) is 10.2 Å². The summed E-state index contributed by atoms with van der Waals surface area (Å²) in [5.41, 5.74) is 0.690. The third-order valence-electron chi connectivity index (χ3n) is 3.32. The first kappa shape index (κ1) is 17.5. The minimum atomic E-state index is -0.914. The number of carbonyl (C=O) groups excluding carboxylic acids is 1. The quantitative estimate of drug-likeness (QED) is 0.770. The largest absolute Gasteiger partial charge is 0.494 e. The molecule has 2 N–H and O–H groups in total. The van der Waals surface area contributed by atoms with Gasteiger partial charge in [0.15, 0.2) is 17.4 Å². The number of carboxylic acids is 1. The predicted octanol–water partition coefficient (Wildman–Crippen LogP) is 2.08. The number of amides is 1. The summed E-state index contributed by atoms with van der Waals surface area (Å²) >= 11 is 0. The van der Waals surface area contributed by atoms with Crippen LogP contribution in [-0.4, -0.2) is 33.9 Å². The number of aliphatic carboxylic acids is 1. The van der Waals surface area contributed by atoms with Gasteiger partial charge in [-0.3, -0.25) is 14.3 Å². The van der Waals surface area contributed by atoms with Gasteiger partial charge in [-0.25, -0.2) is 4.39 Å². The lowest BCUT2D eigenvalue weighted by molar-refractivity contribution is -0.137. The molecule has 1 aromatic heterocycles. The normalized spacial score (nSPS) is 10.4. The molecule has 0 aliphatic rings. The topological polar surface area (TPSA) is 93.5 Å². The number of methoxy groups -OCH3 is 1. The molecule has 0 fully saturated rings. The van der Waals surface area contributed by atoms with Gasteiger partial charge in [-0.05, 0) is 24.1 Å². The summed E-state index contributed by atoms with van der Waals surface area (Å²) in [5.74, 6) is -1.12. The van der Waals surface area contributed by atoms with Crippen LogP contribution in [0.3, 0.4) is 0 Å². The number of carboxylic acid groups (broad SMARTS) is 1. The fraction of sp³-hybridized carbons (Fsp3) is 0.312. The van der Waals surface area contributed by atoms with Gasteiger partial charge in [-0.1, -0.05) is 6.07 Å². The molecule has 128 valence electrons. The second kappa shape index (κ2) is 8.09. The maximum absolute atomic E-state index is 13.6. The van der Waals surface area contributed by atoms with E-state index in [1.54, 1.807) is 18.3 Å². The third-order valence-corrected chi connectivity index (χ3v) is 3.32. The Kier molecular flexibility index (Phi) is 5.89. The molecule has 0 saturated carbocycles. The van der Waals surface area contributed by atoms with Crippen molar-refractivity contribution >= 4 is 17.7 Å². The Morgan fingerprint density at radius 1 is 1.33 bits per heavy atom. The summed E-state index contributed by atoms with van der Waals surface area (Å²) in [6.07, 6.45) is 2.11. The van der Waals surface area contributed by atoms with E-state index in [0.717, 1.165) is 0 Å². The van der Waals surface area contributed by atoms with Crippen LogP contribution in [0.2, 0.25) is 0 Å². The standard InChI is InChI=1S/C16H18FN3O4/c1-24-13-4-2-11(10-12(13)17)3-5-15(21)18-14-6-8-20(19-14)9-7-16(22)23/h2,4,6,8,10H,3,5,7,9H2,1H3,(H,22,23)(H,18,19,21). The molecule has 0 bridgehead atoms. The van der Waals surface area contributed by atoms with Gasteiger partial charge < -0.3 is 15.2 Å². The molecule has 2 aromatic rings. The Morgan fingerprint density at radius 3 is 2.79 bits per heavy atom. The van der Waals surface area contributed by atoms with E-state index in [1.165, 1.54) is 23.9 Å². The lowest BCUT2D eigenvalue weighted by Crippen LogP contribution is -2.13. The van der Waals surface area contributed by atoms with Crippen molar-refractivity contribution in [3.05, 3.63) is 41.8 Å². The van der Waals surface area contributed by atoms with Crippen molar-refractivity contribution in [2.75, 3.05) is 12.4 Å². The van der Waals surface area contributed by atoms with E-state index in [2.05, 4.69) is 10.4 Å². The summed E-state index contributed by atoms with van der Waals surface area (Å²) in [5, 5.41) is 15.3.